The summed E-state index contributed by atoms with van der Waals surface area (Å²) in [6.07, 6.45) is 10.3. The number of likely N-dealkylation sites (tertiary alicyclic amines) is 2. The van der Waals surface area contributed by atoms with E-state index in [1.165, 1.54) is 6.42 Å². The predicted molar refractivity (Wildman–Crippen MR) is 123 cm³/mol. The molecule has 168 valence electrons. The first kappa shape index (κ1) is 22.2. The fourth-order valence-electron chi connectivity index (χ4n) is 4.59. The van der Waals surface area contributed by atoms with Gasteiger partial charge in [-0.3, -0.25) is 9.48 Å². The Bertz CT molecular complexity index is 843. The first-order valence-corrected chi connectivity index (χ1v) is 11.9. The van der Waals surface area contributed by atoms with Crippen molar-refractivity contribution in [2.45, 2.75) is 64.1 Å². The highest BCUT2D eigenvalue weighted by molar-refractivity contribution is 6.30. The molecule has 0 radical (unpaired) electrons. The Labute approximate surface area is 190 Å². The molecule has 1 atom stereocenters. The molecule has 2 aromatic rings. The van der Waals surface area contributed by atoms with Crippen LogP contribution in [0.1, 0.15) is 55.8 Å². The molecule has 4 rings (SSSR count). The molecule has 6 nitrogen and oxygen atoms in total. The van der Waals surface area contributed by atoms with Gasteiger partial charge in [0.2, 0.25) is 0 Å². The fourth-order valence-corrected chi connectivity index (χ4v) is 4.75. The van der Waals surface area contributed by atoms with Crippen LogP contribution in [-0.2, 0) is 6.54 Å². The summed E-state index contributed by atoms with van der Waals surface area (Å²) < 4.78 is 8.35. The van der Waals surface area contributed by atoms with Crippen molar-refractivity contribution in [3.05, 3.63) is 47.2 Å². The van der Waals surface area contributed by atoms with E-state index in [4.69, 9.17) is 16.3 Å². The molecule has 0 saturated carbocycles. The Hall–Kier alpha value is -2.05. The van der Waals surface area contributed by atoms with Crippen LogP contribution in [0.5, 0.6) is 5.75 Å². The summed E-state index contributed by atoms with van der Waals surface area (Å²) in [5.41, 5.74) is 0.640. The minimum atomic E-state index is 0.0658. The first-order chi connectivity index (χ1) is 15.1. The van der Waals surface area contributed by atoms with Crippen molar-refractivity contribution in [1.82, 2.24) is 19.6 Å². The zero-order valence-electron chi connectivity index (χ0n) is 18.4. The number of amides is 1. The molecule has 0 aliphatic carbocycles. The van der Waals surface area contributed by atoms with Gasteiger partial charge in [0.25, 0.3) is 5.91 Å². The van der Waals surface area contributed by atoms with Crippen molar-refractivity contribution < 1.29 is 9.53 Å². The van der Waals surface area contributed by atoms with Crippen LogP contribution < -0.4 is 4.74 Å². The Balaban J connectivity index is 1.32. The van der Waals surface area contributed by atoms with Gasteiger partial charge in [-0.25, -0.2) is 0 Å². The molecular formula is C24H33ClN4O2. The number of benzene rings is 1. The molecule has 7 heteroatoms. The van der Waals surface area contributed by atoms with Gasteiger partial charge in [0.15, 0.2) is 0 Å². The van der Waals surface area contributed by atoms with Gasteiger partial charge in [-0.1, -0.05) is 11.6 Å². The number of piperidine rings is 2. The van der Waals surface area contributed by atoms with Gasteiger partial charge in [0.1, 0.15) is 11.9 Å². The number of rotatable bonds is 7. The van der Waals surface area contributed by atoms with Gasteiger partial charge in [-0.05, 0) is 69.7 Å². The van der Waals surface area contributed by atoms with E-state index in [1.807, 2.05) is 34.1 Å². The summed E-state index contributed by atoms with van der Waals surface area (Å²) >= 11 is 6.25. The number of hydrogen-bond acceptors (Lipinski definition) is 4. The lowest BCUT2D eigenvalue weighted by Crippen LogP contribution is -2.43. The second-order valence-electron chi connectivity index (χ2n) is 8.75. The summed E-state index contributed by atoms with van der Waals surface area (Å²) in [4.78, 5) is 17.5. The molecule has 2 aliphatic rings. The molecular weight excluding hydrogens is 412 g/mol. The van der Waals surface area contributed by atoms with Gasteiger partial charge in [0, 0.05) is 56.2 Å². The molecule has 0 spiro atoms. The lowest BCUT2D eigenvalue weighted by Gasteiger charge is -2.36. The van der Waals surface area contributed by atoms with E-state index in [-0.39, 0.29) is 12.0 Å². The molecule has 1 unspecified atom stereocenters. The van der Waals surface area contributed by atoms with Crippen LogP contribution in [0.25, 0.3) is 0 Å². The van der Waals surface area contributed by atoms with Crippen LogP contribution >= 0.6 is 11.6 Å². The summed E-state index contributed by atoms with van der Waals surface area (Å²) in [5, 5.41) is 4.90. The van der Waals surface area contributed by atoms with E-state index < -0.39 is 0 Å². The minimum absolute atomic E-state index is 0.0658. The second-order valence-corrected chi connectivity index (χ2v) is 9.19. The van der Waals surface area contributed by atoms with Crippen LogP contribution in [0.2, 0.25) is 5.02 Å². The Morgan fingerprint density at radius 3 is 2.68 bits per heavy atom. The molecule has 31 heavy (non-hydrogen) atoms. The van der Waals surface area contributed by atoms with Crippen molar-refractivity contribution in [2.75, 3.05) is 26.2 Å². The highest BCUT2D eigenvalue weighted by atomic mass is 35.5. The minimum Gasteiger partial charge on any atom is -0.489 e. The van der Waals surface area contributed by atoms with E-state index in [1.54, 1.807) is 12.1 Å². The molecule has 2 fully saturated rings. The van der Waals surface area contributed by atoms with Gasteiger partial charge in [-0.2, -0.15) is 5.10 Å². The topological polar surface area (TPSA) is 50.6 Å². The van der Waals surface area contributed by atoms with E-state index >= 15 is 0 Å². The zero-order chi connectivity index (χ0) is 21.6. The maximum Gasteiger partial charge on any atom is 0.257 e. The molecule has 3 heterocycles. The van der Waals surface area contributed by atoms with Gasteiger partial charge < -0.3 is 14.5 Å². The largest absolute Gasteiger partial charge is 0.489 e. The van der Waals surface area contributed by atoms with Crippen LogP contribution in [0, 0.1) is 0 Å². The van der Waals surface area contributed by atoms with Crippen molar-refractivity contribution in [1.29, 1.82) is 0 Å². The maximum absolute atomic E-state index is 13.1. The molecule has 2 aliphatic heterocycles. The number of carbonyl (C=O) groups excluding carboxylic acids is 1. The quantitative estimate of drug-likeness (QED) is 0.631. The van der Waals surface area contributed by atoms with Crippen molar-refractivity contribution >= 4 is 17.5 Å². The smallest absolute Gasteiger partial charge is 0.257 e. The van der Waals surface area contributed by atoms with E-state index in [2.05, 4.69) is 16.9 Å². The average Bonchev–Trinajstić information content (AvgIpc) is 3.32. The van der Waals surface area contributed by atoms with Gasteiger partial charge in [-0.15, -0.1) is 0 Å². The fraction of sp³-hybridized carbons (Fsp3) is 0.583. The SMILES string of the molecule is CC(CCn1cccn1)N1CCC(Oc2cc(Cl)ccc2C(=O)N2CCCCC2)CC1. The molecule has 0 N–H and O–H groups in total. The highest BCUT2D eigenvalue weighted by Crippen LogP contribution is 2.29. The predicted octanol–water partition coefficient (Wildman–Crippen LogP) is 4.48. The van der Waals surface area contributed by atoms with Gasteiger partial charge >= 0.3 is 0 Å². The molecule has 0 bridgehead atoms. The van der Waals surface area contributed by atoms with Crippen LogP contribution in [0.15, 0.2) is 36.7 Å². The Kier molecular flexibility index (Phi) is 7.51. The zero-order valence-corrected chi connectivity index (χ0v) is 19.1. The molecule has 1 aromatic heterocycles. The molecule has 2 saturated heterocycles. The standard InChI is InChI=1S/C24H33ClN4O2/c1-19(8-17-29-14-5-11-26-29)27-15-9-21(10-16-27)31-23-18-20(25)6-7-22(23)24(30)28-12-3-2-4-13-28/h5-7,11,14,18-19,21H,2-4,8-10,12-13,15-17H2,1H3. The second kappa shape index (κ2) is 10.5. The van der Waals surface area contributed by atoms with Crippen molar-refractivity contribution in [3.63, 3.8) is 0 Å². The van der Waals surface area contributed by atoms with Crippen LogP contribution in [-0.4, -0.2) is 63.8 Å². The first-order valence-electron chi connectivity index (χ1n) is 11.6. The summed E-state index contributed by atoms with van der Waals surface area (Å²) in [6, 6.07) is 7.88. The third kappa shape index (κ3) is 5.80. The summed E-state index contributed by atoms with van der Waals surface area (Å²) in [6.45, 7) is 6.89. The number of aromatic nitrogens is 2. The number of hydrogen-bond donors (Lipinski definition) is 0. The lowest BCUT2D eigenvalue weighted by atomic mass is 10.0. The van der Waals surface area contributed by atoms with Crippen LogP contribution in [0.3, 0.4) is 0 Å². The van der Waals surface area contributed by atoms with Crippen LogP contribution in [0.4, 0.5) is 0 Å². The van der Waals surface area contributed by atoms with Crippen molar-refractivity contribution in [3.8, 4) is 5.75 Å². The number of aryl methyl sites for hydroxylation is 1. The van der Waals surface area contributed by atoms with E-state index in [0.717, 1.165) is 64.8 Å². The average molecular weight is 445 g/mol. The normalized spacial score (nSPS) is 19.4. The third-order valence-corrected chi connectivity index (χ3v) is 6.78. The van der Waals surface area contributed by atoms with E-state index in [0.29, 0.717) is 22.4 Å². The lowest BCUT2D eigenvalue weighted by molar-refractivity contribution is 0.0673. The third-order valence-electron chi connectivity index (χ3n) is 6.55. The monoisotopic (exact) mass is 444 g/mol. The summed E-state index contributed by atoms with van der Waals surface area (Å²) in [7, 11) is 0. The Morgan fingerprint density at radius 2 is 1.97 bits per heavy atom. The molecule has 1 aromatic carbocycles. The maximum atomic E-state index is 13.1. The Morgan fingerprint density at radius 1 is 1.19 bits per heavy atom. The van der Waals surface area contributed by atoms with Crippen molar-refractivity contribution in [2.24, 2.45) is 0 Å². The molecule has 1 amide bonds. The highest BCUT2D eigenvalue weighted by Gasteiger charge is 2.27. The number of halogens is 1. The van der Waals surface area contributed by atoms with Gasteiger partial charge in [0.05, 0.1) is 5.56 Å². The number of nitrogens with zero attached hydrogens (tertiary/aromatic N) is 4. The van der Waals surface area contributed by atoms with E-state index in [9.17, 15) is 4.79 Å². The number of carbonyl (C=O) groups is 1. The number of ether oxygens (including phenoxy) is 1. The summed E-state index contributed by atoms with van der Waals surface area (Å²) in [5.74, 6) is 0.698.